The van der Waals surface area contributed by atoms with Gasteiger partial charge >= 0.3 is 0 Å². The van der Waals surface area contributed by atoms with Gasteiger partial charge in [0.2, 0.25) is 29.5 Å². The lowest BCUT2D eigenvalue weighted by Gasteiger charge is -2.35. The predicted octanol–water partition coefficient (Wildman–Crippen LogP) is 9.47. The van der Waals surface area contributed by atoms with Crippen molar-refractivity contribution in [1.82, 2.24) is 89.1 Å². The minimum Gasteiger partial charge on any atom is -0.497 e. The number of anilines is 3. The topological polar surface area (TPSA) is 277 Å². The summed E-state index contributed by atoms with van der Waals surface area (Å²) in [5, 5.41) is 21.9. The third-order valence-corrected chi connectivity index (χ3v) is 18.5. The second kappa shape index (κ2) is 34.5. The molecule has 3 amide bonds. The highest BCUT2D eigenvalue weighted by molar-refractivity contribution is 9.10. The molecule has 0 radical (unpaired) electrons. The maximum atomic E-state index is 13.5. The molecule has 6 aromatic heterocycles. The average Bonchev–Trinajstić information content (AvgIpc) is 1.67. The van der Waals surface area contributed by atoms with E-state index in [0.29, 0.717) is 154 Å². The predicted molar refractivity (Wildman–Crippen MR) is 399 cm³/mol. The van der Waals surface area contributed by atoms with Crippen molar-refractivity contribution in [2.45, 2.75) is 19.6 Å². The van der Waals surface area contributed by atoms with E-state index in [1.165, 1.54) is 42.7 Å². The van der Waals surface area contributed by atoms with E-state index < -0.39 is 0 Å². The minimum absolute atomic E-state index is 0.0247. The molecule has 12 aromatic rings. The smallest absolute Gasteiger partial charge is 0.244 e. The van der Waals surface area contributed by atoms with Gasteiger partial charge in [0.25, 0.3) is 0 Å². The highest BCUT2D eigenvalue weighted by Crippen LogP contribution is 2.30. The van der Waals surface area contributed by atoms with Crippen LogP contribution in [0.25, 0.3) is 68.3 Å². The molecule has 6 aromatic carbocycles. The van der Waals surface area contributed by atoms with Gasteiger partial charge in [-0.25, -0.2) is 62.1 Å². The minimum atomic E-state index is -0.340. The molecule has 3 saturated heterocycles. The van der Waals surface area contributed by atoms with Gasteiger partial charge in [0.15, 0.2) is 40.8 Å². The zero-order valence-corrected chi connectivity index (χ0v) is 60.9. The average molecular weight is 1530 g/mol. The van der Waals surface area contributed by atoms with Crippen molar-refractivity contribution >= 4 is 51.2 Å². The Bertz CT molecular complexity index is 4990. The third kappa shape index (κ3) is 18.1. The van der Waals surface area contributed by atoms with E-state index in [1.54, 1.807) is 104 Å². The molecule has 9 heterocycles. The van der Waals surface area contributed by atoms with Crippen molar-refractivity contribution < 1.29 is 46.5 Å². The lowest BCUT2D eigenvalue weighted by Crippen LogP contribution is -2.50. The fourth-order valence-corrected chi connectivity index (χ4v) is 12.3. The molecule has 0 bridgehead atoms. The van der Waals surface area contributed by atoms with E-state index in [4.69, 9.17) is 18.9 Å². The number of methoxy groups -OCH3 is 4. The van der Waals surface area contributed by atoms with Gasteiger partial charge in [0.1, 0.15) is 66.5 Å². The summed E-state index contributed by atoms with van der Waals surface area (Å²) in [4.78, 5) is 82.6. The number of benzene rings is 6. The Morgan fingerprint density at radius 1 is 0.398 bits per heavy atom. The Morgan fingerprint density at radius 3 is 1.07 bits per heavy atom. The van der Waals surface area contributed by atoms with Crippen molar-refractivity contribution in [2.24, 2.45) is 0 Å². The van der Waals surface area contributed by atoms with Crippen LogP contribution in [0.2, 0.25) is 0 Å². The molecular formula is C76H73BrF3N21O7. The maximum absolute atomic E-state index is 13.5. The van der Waals surface area contributed by atoms with Gasteiger partial charge < -0.3 is 48.3 Å². The van der Waals surface area contributed by atoms with Gasteiger partial charge in [-0.1, -0.05) is 0 Å². The van der Waals surface area contributed by atoms with Gasteiger partial charge in [0, 0.05) is 137 Å². The van der Waals surface area contributed by atoms with E-state index in [2.05, 4.69) is 91.0 Å². The molecule has 15 rings (SSSR count). The van der Waals surface area contributed by atoms with Crippen LogP contribution >= 0.6 is 15.9 Å². The number of rotatable bonds is 19. The van der Waals surface area contributed by atoms with E-state index in [-0.39, 0.29) is 54.8 Å². The zero-order valence-electron chi connectivity index (χ0n) is 59.3. The van der Waals surface area contributed by atoms with Gasteiger partial charge in [-0.05, 0) is 174 Å². The van der Waals surface area contributed by atoms with Gasteiger partial charge in [-0.3, -0.25) is 14.4 Å². The first-order chi connectivity index (χ1) is 52.6. The fraction of sp³-hybridized carbons (Fsp3) is 0.250. The summed E-state index contributed by atoms with van der Waals surface area (Å²) in [6.45, 7) is 7.33. The molecule has 0 unspecified atom stereocenters. The lowest BCUT2D eigenvalue weighted by molar-refractivity contribution is -0.133. The standard InChI is InChI=1S/C26H26FN7O3.C25H23BrFN7O2.C25H24FN7O2/c1-36-21-9-5-19(6-10-21)26-30-25(18-3-7-20(27)8-4-18)31-34(26)16-24(35)33-13-11-32(12-14-33)22-15-23(37-2)29-17-28-22;1-36-21-8-4-18(5-9-21)24-30-23(17-2-6-20(27)7-3-17)31-34(24)16-22(35)32-10-12-33(13-11-32)25-28-14-19(26)15-29-25;1-35-21-10-6-19(7-11-21)25-28-24(18-4-8-20(26)9-5-18)30-33(25)17-23(34)32-15-13-31(14-16-32)22-3-2-12-27-29-22/h3-10,15,17H,11-14,16H2,1-2H3;2-9,14-15H,10-13,16H2,1H3;2-12H,13-17H2,1H3. The number of piperazine rings is 3. The number of aromatic nitrogens is 15. The molecule has 28 nitrogen and oxygen atoms in total. The van der Waals surface area contributed by atoms with E-state index in [0.717, 1.165) is 38.5 Å². The number of nitrogens with zero attached hydrogens (tertiary/aromatic N) is 21. The molecule has 0 saturated carbocycles. The summed E-state index contributed by atoms with van der Waals surface area (Å²) in [6.07, 6.45) is 6.53. The van der Waals surface area contributed by atoms with Crippen molar-refractivity contribution in [3.8, 4) is 91.5 Å². The second-order valence-electron chi connectivity index (χ2n) is 24.8. The monoisotopic (exact) mass is 1530 g/mol. The van der Waals surface area contributed by atoms with E-state index in [9.17, 15) is 27.6 Å². The third-order valence-electron chi connectivity index (χ3n) is 18.1. The van der Waals surface area contributed by atoms with E-state index >= 15 is 0 Å². The second-order valence-corrected chi connectivity index (χ2v) is 25.7. The number of hydrogen-bond acceptors (Lipinski definition) is 22. The Hall–Kier alpha value is -12.7. The number of carbonyl (C=O) groups is 3. The number of carbonyl (C=O) groups excluding carboxylic acids is 3. The van der Waals surface area contributed by atoms with Crippen LogP contribution in [-0.4, -0.2) is 214 Å². The zero-order chi connectivity index (χ0) is 75.0. The Balaban J connectivity index is 0.000000143. The molecule has 3 aliphatic heterocycles. The first kappa shape index (κ1) is 73.6. The van der Waals surface area contributed by atoms with Crippen LogP contribution in [0.15, 0.2) is 193 Å². The lowest BCUT2D eigenvalue weighted by atomic mass is 10.2. The van der Waals surface area contributed by atoms with Crippen LogP contribution < -0.4 is 33.6 Å². The van der Waals surface area contributed by atoms with Crippen LogP contribution in [-0.2, 0) is 34.0 Å². The first-order valence-corrected chi connectivity index (χ1v) is 35.2. The fourth-order valence-electron chi connectivity index (χ4n) is 12.1. The highest BCUT2D eigenvalue weighted by atomic mass is 79.9. The van der Waals surface area contributed by atoms with Crippen LogP contribution in [0.4, 0.5) is 30.8 Å². The summed E-state index contributed by atoms with van der Waals surface area (Å²) in [5.74, 6) is 6.59. The number of halogens is 4. The number of hydrogen-bond donors (Lipinski definition) is 0. The molecule has 0 aliphatic carbocycles. The van der Waals surface area contributed by atoms with Crippen LogP contribution in [0.5, 0.6) is 23.1 Å². The molecule has 552 valence electrons. The summed E-state index contributed by atoms with van der Waals surface area (Å²) in [5.41, 5.74) is 4.38. The Morgan fingerprint density at radius 2 is 0.741 bits per heavy atom. The summed E-state index contributed by atoms with van der Waals surface area (Å²) < 4.78 is 66.9. The largest absolute Gasteiger partial charge is 0.497 e. The maximum Gasteiger partial charge on any atom is 0.244 e. The molecule has 0 atom stereocenters. The molecular weight excluding hydrogens is 1460 g/mol. The molecule has 32 heteroatoms. The van der Waals surface area contributed by atoms with E-state index in [1.807, 2.05) is 99.6 Å². The van der Waals surface area contributed by atoms with Crippen LogP contribution in [0.1, 0.15) is 0 Å². The highest BCUT2D eigenvalue weighted by Gasteiger charge is 2.29. The molecule has 3 fully saturated rings. The van der Waals surface area contributed by atoms with Crippen molar-refractivity contribution in [3.05, 3.63) is 211 Å². The SMILES string of the molecule is COc1ccc(-c2nc(-c3ccc(F)cc3)nn2CC(=O)N2CCN(c3cc(OC)ncn3)CC2)cc1.COc1ccc(-c2nc(-c3ccc(F)cc3)nn2CC(=O)N2CCN(c3cccnn3)CC2)cc1.COc1ccc(-c2nc(-c3ccc(F)cc3)nn2CC(=O)N2CCN(c3ncc(Br)cn3)CC2)cc1. The first-order valence-electron chi connectivity index (χ1n) is 34.4. The molecule has 0 spiro atoms. The van der Waals surface area contributed by atoms with Gasteiger partial charge in [-0.15, -0.1) is 20.4 Å². The van der Waals surface area contributed by atoms with Crippen LogP contribution in [0, 0.1) is 17.5 Å². The van der Waals surface area contributed by atoms with Crippen molar-refractivity contribution in [1.29, 1.82) is 0 Å². The number of ether oxygens (including phenoxy) is 4. The summed E-state index contributed by atoms with van der Waals surface area (Å²) >= 11 is 3.35. The number of amides is 3. The molecule has 3 aliphatic rings. The molecule has 108 heavy (non-hydrogen) atoms. The normalized spacial score (nSPS) is 13.6. The summed E-state index contributed by atoms with van der Waals surface area (Å²) in [7, 11) is 6.37. The Labute approximate surface area is 627 Å². The quantitative estimate of drug-likeness (QED) is 0.0728. The van der Waals surface area contributed by atoms with Crippen molar-refractivity contribution in [2.75, 3.05) is 122 Å². The van der Waals surface area contributed by atoms with Crippen LogP contribution in [0.3, 0.4) is 0 Å². The van der Waals surface area contributed by atoms with Gasteiger partial charge in [-0.2, -0.15) is 5.10 Å². The van der Waals surface area contributed by atoms with Gasteiger partial charge in [0.05, 0.1) is 32.9 Å². The van der Waals surface area contributed by atoms with Crippen molar-refractivity contribution in [3.63, 3.8) is 0 Å². The summed E-state index contributed by atoms with van der Waals surface area (Å²) in [6, 6.07) is 45.7. The molecule has 0 N–H and O–H groups in total. The Kier molecular flexibility index (Phi) is 23.5.